The van der Waals surface area contributed by atoms with Crippen molar-refractivity contribution in [1.82, 2.24) is 24.8 Å². The molecule has 0 saturated carbocycles. The van der Waals surface area contributed by atoms with Gasteiger partial charge >= 0.3 is 0 Å². The van der Waals surface area contributed by atoms with E-state index in [1.54, 1.807) is 6.33 Å². The molecule has 1 fully saturated rings. The standard InChI is InChI=1S/C27H25N5O/c1-32-11-9-21(10-12-32)33-27-23-13-19(7-8-25(23)30-17-31-27)24-16-29-26-22(24)14-20(15-28-26)18-5-3-2-4-6-18/h2-8,13-17,21H,9-12H2,1H3,(H,28,29). The Morgan fingerprint density at radius 1 is 0.879 bits per heavy atom. The van der Waals surface area contributed by atoms with E-state index in [4.69, 9.17) is 4.74 Å². The fourth-order valence-corrected chi connectivity index (χ4v) is 4.59. The number of likely N-dealkylation sites (tertiary alicyclic amines) is 1. The Labute approximate surface area is 192 Å². The van der Waals surface area contributed by atoms with Crippen LogP contribution in [-0.4, -0.2) is 51.1 Å². The van der Waals surface area contributed by atoms with Crippen LogP contribution in [0.25, 0.3) is 44.2 Å². The van der Waals surface area contributed by atoms with Crippen LogP contribution >= 0.6 is 0 Å². The molecular formula is C27H25N5O. The van der Waals surface area contributed by atoms with Crippen LogP contribution in [0.3, 0.4) is 0 Å². The molecule has 0 bridgehead atoms. The molecule has 1 N–H and O–H groups in total. The Balaban J connectivity index is 1.40. The summed E-state index contributed by atoms with van der Waals surface area (Å²) in [5.74, 6) is 0.666. The first kappa shape index (κ1) is 19.9. The number of aromatic nitrogens is 4. The predicted octanol–water partition coefficient (Wildman–Crippen LogP) is 5.31. The average Bonchev–Trinajstić information content (AvgIpc) is 3.29. The molecule has 3 aromatic heterocycles. The smallest absolute Gasteiger partial charge is 0.224 e. The van der Waals surface area contributed by atoms with Gasteiger partial charge in [-0.15, -0.1) is 0 Å². The van der Waals surface area contributed by atoms with Crippen LogP contribution in [0.4, 0.5) is 0 Å². The van der Waals surface area contributed by atoms with Gasteiger partial charge in [0.2, 0.25) is 5.88 Å². The third-order valence-corrected chi connectivity index (χ3v) is 6.49. The van der Waals surface area contributed by atoms with Gasteiger partial charge in [-0.05, 0) is 49.2 Å². The van der Waals surface area contributed by atoms with Crippen LogP contribution in [-0.2, 0) is 0 Å². The van der Waals surface area contributed by atoms with Crippen molar-refractivity contribution < 1.29 is 4.74 Å². The van der Waals surface area contributed by atoms with Crippen LogP contribution in [0, 0.1) is 0 Å². The summed E-state index contributed by atoms with van der Waals surface area (Å²) in [7, 11) is 2.15. The zero-order valence-corrected chi connectivity index (χ0v) is 18.5. The number of nitrogens with one attached hydrogen (secondary N) is 1. The van der Waals surface area contributed by atoms with Crippen molar-refractivity contribution in [2.75, 3.05) is 20.1 Å². The highest BCUT2D eigenvalue weighted by atomic mass is 16.5. The van der Waals surface area contributed by atoms with Crippen molar-refractivity contribution >= 4 is 21.9 Å². The SMILES string of the molecule is CN1CCC(Oc2ncnc3ccc(-c4c[nH]c5ncc(-c6ccccc6)cc45)cc23)CC1. The van der Waals surface area contributed by atoms with Crippen molar-refractivity contribution in [2.45, 2.75) is 18.9 Å². The summed E-state index contributed by atoms with van der Waals surface area (Å²) in [6.07, 6.45) is 7.74. The van der Waals surface area contributed by atoms with Gasteiger partial charge in [-0.25, -0.2) is 15.0 Å². The fraction of sp³-hybridized carbons (Fsp3) is 0.222. The van der Waals surface area contributed by atoms with E-state index in [1.807, 2.05) is 36.7 Å². The molecule has 0 atom stereocenters. The van der Waals surface area contributed by atoms with Crippen LogP contribution < -0.4 is 4.74 Å². The second-order valence-corrected chi connectivity index (χ2v) is 8.72. The molecule has 1 aliphatic heterocycles. The van der Waals surface area contributed by atoms with Gasteiger partial charge in [0.05, 0.1) is 10.9 Å². The third-order valence-electron chi connectivity index (χ3n) is 6.49. The van der Waals surface area contributed by atoms with Gasteiger partial charge in [0, 0.05) is 42.0 Å². The number of fused-ring (bicyclic) bond motifs is 2. The molecule has 0 aliphatic carbocycles. The Kier molecular flexibility index (Phi) is 5.00. The van der Waals surface area contributed by atoms with E-state index in [0.717, 1.165) is 70.1 Å². The summed E-state index contributed by atoms with van der Waals surface area (Å²) < 4.78 is 6.36. The van der Waals surface area contributed by atoms with Crippen molar-refractivity contribution in [3.63, 3.8) is 0 Å². The third kappa shape index (κ3) is 3.83. The van der Waals surface area contributed by atoms with E-state index in [-0.39, 0.29) is 6.10 Å². The summed E-state index contributed by atoms with van der Waals surface area (Å²) >= 11 is 0. The molecular weight excluding hydrogens is 410 g/mol. The topological polar surface area (TPSA) is 66.9 Å². The van der Waals surface area contributed by atoms with E-state index in [2.05, 4.69) is 62.2 Å². The molecule has 0 radical (unpaired) electrons. The van der Waals surface area contributed by atoms with Gasteiger partial charge in [-0.2, -0.15) is 0 Å². The summed E-state index contributed by atoms with van der Waals surface area (Å²) in [5.41, 5.74) is 6.20. The Morgan fingerprint density at radius 2 is 1.70 bits per heavy atom. The summed E-state index contributed by atoms with van der Waals surface area (Å²) in [6.45, 7) is 2.09. The highest BCUT2D eigenvalue weighted by Crippen LogP contribution is 2.34. The van der Waals surface area contributed by atoms with E-state index in [1.165, 1.54) is 0 Å². The summed E-state index contributed by atoms with van der Waals surface area (Å²) in [6, 6.07) is 18.8. The summed E-state index contributed by atoms with van der Waals surface area (Å²) in [4.78, 5) is 19.3. The average molecular weight is 436 g/mol. The molecule has 2 aromatic carbocycles. The molecule has 4 heterocycles. The number of benzene rings is 2. The normalized spacial score (nSPS) is 15.3. The first-order chi connectivity index (χ1) is 16.2. The van der Waals surface area contributed by atoms with E-state index < -0.39 is 0 Å². The van der Waals surface area contributed by atoms with E-state index in [0.29, 0.717) is 5.88 Å². The number of hydrogen-bond acceptors (Lipinski definition) is 5. The molecule has 164 valence electrons. The Hall–Kier alpha value is -3.77. The zero-order valence-electron chi connectivity index (χ0n) is 18.5. The highest BCUT2D eigenvalue weighted by molar-refractivity contribution is 5.98. The molecule has 1 saturated heterocycles. The number of hydrogen-bond donors (Lipinski definition) is 1. The predicted molar refractivity (Wildman–Crippen MR) is 131 cm³/mol. The fourth-order valence-electron chi connectivity index (χ4n) is 4.59. The van der Waals surface area contributed by atoms with Crippen LogP contribution in [0.15, 0.2) is 73.3 Å². The summed E-state index contributed by atoms with van der Waals surface area (Å²) in [5, 5.41) is 2.03. The van der Waals surface area contributed by atoms with Crippen molar-refractivity contribution in [2.24, 2.45) is 0 Å². The molecule has 6 heteroatoms. The first-order valence-electron chi connectivity index (χ1n) is 11.4. The van der Waals surface area contributed by atoms with Crippen molar-refractivity contribution in [1.29, 1.82) is 0 Å². The quantitative estimate of drug-likeness (QED) is 0.414. The number of ether oxygens (including phenoxy) is 1. The number of rotatable bonds is 4. The largest absolute Gasteiger partial charge is 0.474 e. The Bertz CT molecular complexity index is 1420. The number of aromatic amines is 1. The van der Waals surface area contributed by atoms with E-state index >= 15 is 0 Å². The van der Waals surface area contributed by atoms with Gasteiger partial charge < -0.3 is 14.6 Å². The van der Waals surface area contributed by atoms with Gasteiger partial charge in [0.15, 0.2) is 0 Å². The minimum Gasteiger partial charge on any atom is -0.474 e. The highest BCUT2D eigenvalue weighted by Gasteiger charge is 2.20. The second kappa shape index (κ2) is 8.30. The van der Waals surface area contributed by atoms with Gasteiger partial charge in [0.1, 0.15) is 18.1 Å². The molecule has 6 nitrogen and oxygen atoms in total. The van der Waals surface area contributed by atoms with Gasteiger partial charge in [-0.1, -0.05) is 36.4 Å². The maximum Gasteiger partial charge on any atom is 0.224 e. The van der Waals surface area contributed by atoms with Gasteiger partial charge in [-0.3, -0.25) is 0 Å². The molecule has 1 aliphatic rings. The number of pyridine rings is 1. The Morgan fingerprint density at radius 3 is 2.55 bits per heavy atom. The monoisotopic (exact) mass is 435 g/mol. The lowest BCUT2D eigenvalue weighted by Gasteiger charge is -2.29. The van der Waals surface area contributed by atoms with Crippen molar-refractivity contribution in [3.8, 4) is 28.1 Å². The number of nitrogens with zero attached hydrogens (tertiary/aromatic N) is 4. The minimum atomic E-state index is 0.189. The molecule has 5 aromatic rings. The molecule has 0 spiro atoms. The molecule has 33 heavy (non-hydrogen) atoms. The maximum absolute atomic E-state index is 6.36. The van der Waals surface area contributed by atoms with Crippen molar-refractivity contribution in [3.05, 3.63) is 73.3 Å². The van der Waals surface area contributed by atoms with Gasteiger partial charge in [0.25, 0.3) is 0 Å². The first-order valence-corrected chi connectivity index (χ1v) is 11.4. The van der Waals surface area contributed by atoms with Crippen LogP contribution in [0.5, 0.6) is 5.88 Å². The number of H-pyrrole nitrogens is 1. The lowest BCUT2D eigenvalue weighted by molar-refractivity contribution is 0.111. The number of piperidine rings is 1. The van der Waals surface area contributed by atoms with E-state index in [9.17, 15) is 0 Å². The molecule has 6 rings (SSSR count). The lowest BCUT2D eigenvalue weighted by atomic mass is 10.0. The molecule has 0 amide bonds. The zero-order chi connectivity index (χ0) is 22.2. The minimum absolute atomic E-state index is 0.189. The lowest BCUT2D eigenvalue weighted by Crippen LogP contribution is -2.35. The second-order valence-electron chi connectivity index (χ2n) is 8.72. The van der Waals surface area contributed by atoms with Crippen LogP contribution in [0.1, 0.15) is 12.8 Å². The maximum atomic E-state index is 6.36. The van der Waals surface area contributed by atoms with Crippen LogP contribution in [0.2, 0.25) is 0 Å². The molecule has 0 unspecified atom stereocenters.